The van der Waals surface area contributed by atoms with Gasteiger partial charge in [-0.1, -0.05) is 23.2 Å². The highest BCUT2D eigenvalue weighted by Crippen LogP contribution is 2.36. The average Bonchev–Trinajstić information content (AvgIpc) is 2.88. The van der Waals surface area contributed by atoms with Crippen LogP contribution in [0.5, 0.6) is 0 Å². The highest BCUT2D eigenvalue weighted by Gasteiger charge is 2.39. The third kappa shape index (κ3) is 3.41. The molecule has 2 aliphatic rings. The maximum atomic E-state index is 12.7. The molecule has 7 heteroatoms. The number of nitrogens with zero attached hydrogens (tertiary/aromatic N) is 1. The summed E-state index contributed by atoms with van der Waals surface area (Å²) >= 11 is 12.1. The van der Waals surface area contributed by atoms with Crippen molar-refractivity contribution in [3.63, 3.8) is 0 Å². The van der Waals surface area contributed by atoms with Crippen LogP contribution in [-0.4, -0.2) is 24.4 Å². The number of carbonyl (C=O) groups is 3. The lowest BCUT2D eigenvalue weighted by Crippen LogP contribution is -2.31. The summed E-state index contributed by atoms with van der Waals surface area (Å²) in [6, 6.07) is 4.74. The first kappa shape index (κ1) is 18.7. The third-order valence-electron chi connectivity index (χ3n) is 4.38. The summed E-state index contributed by atoms with van der Waals surface area (Å²) < 4.78 is 4.84. The number of esters is 1. The lowest BCUT2D eigenvalue weighted by atomic mass is 9.93. The van der Waals surface area contributed by atoms with E-state index in [1.54, 1.807) is 25.1 Å². The number of benzene rings is 1. The van der Waals surface area contributed by atoms with Crippen LogP contribution in [0.1, 0.15) is 38.2 Å². The van der Waals surface area contributed by atoms with E-state index >= 15 is 0 Å². The van der Waals surface area contributed by atoms with Gasteiger partial charge in [0.05, 0.1) is 12.3 Å². The average molecular weight is 394 g/mol. The maximum Gasteiger partial charge on any atom is 0.349 e. The van der Waals surface area contributed by atoms with Crippen LogP contribution in [0.15, 0.2) is 34.4 Å². The summed E-state index contributed by atoms with van der Waals surface area (Å²) in [6.07, 6.45) is 4.45. The van der Waals surface area contributed by atoms with Crippen molar-refractivity contribution in [2.45, 2.75) is 32.6 Å². The molecule has 0 aromatic heterocycles. The second kappa shape index (κ2) is 7.64. The number of ether oxygens (including phenoxy) is 1. The van der Waals surface area contributed by atoms with E-state index in [2.05, 4.69) is 0 Å². The normalized spacial score (nSPS) is 17.7. The largest absolute Gasteiger partial charge is 0.462 e. The Balaban J connectivity index is 1.94. The molecule has 136 valence electrons. The van der Waals surface area contributed by atoms with Gasteiger partial charge in [-0.3, -0.25) is 9.59 Å². The van der Waals surface area contributed by atoms with Crippen LogP contribution < -0.4 is 4.90 Å². The third-order valence-corrected chi connectivity index (χ3v) is 4.99. The standard InChI is InChI=1S/C19H17Cl2NO4/c1-2-26-19(25)16(21)10-11-9-12(7-8-15(11)20)22-17(23)13-5-3-4-6-14(13)18(22)24/h7-10H,2-6H2,1H3/b16-10+. The molecule has 2 amide bonds. The zero-order valence-electron chi connectivity index (χ0n) is 14.2. The SMILES string of the molecule is CCOC(=O)/C(Cl)=C\c1cc(N2C(=O)C3=C(CCCC3)C2=O)ccc1Cl. The summed E-state index contributed by atoms with van der Waals surface area (Å²) in [5.74, 6) is -1.22. The molecule has 0 fully saturated rings. The van der Waals surface area contributed by atoms with E-state index in [-0.39, 0.29) is 23.5 Å². The molecule has 5 nitrogen and oxygen atoms in total. The van der Waals surface area contributed by atoms with Gasteiger partial charge in [-0.25, -0.2) is 9.69 Å². The number of imide groups is 1. The van der Waals surface area contributed by atoms with Crippen LogP contribution in [0, 0.1) is 0 Å². The predicted octanol–water partition coefficient (Wildman–Crippen LogP) is 4.23. The van der Waals surface area contributed by atoms with Crippen LogP contribution in [0.25, 0.3) is 6.08 Å². The summed E-state index contributed by atoms with van der Waals surface area (Å²) in [4.78, 5) is 38.2. The molecule has 0 N–H and O–H groups in total. The minimum absolute atomic E-state index is 0.137. The Morgan fingerprint density at radius 1 is 1.19 bits per heavy atom. The summed E-state index contributed by atoms with van der Waals surface area (Å²) in [6.45, 7) is 1.87. The molecule has 1 aromatic rings. The molecule has 0 saturated heterocycles. The van der Waals surface area contributed by atoms with Gasteiger partial charge in [-0.15, -0.1) is 0 Å². The molecule has 0 radical (unpaired) electrons. The van der Waals surface area contributed by atoms with Crippen LogP contribution in [-0.2, 0) is 19.1 Å². The number of hydrogen-bond donors (Lipinski definition) is 0. The van der Waals surface area contributed by atoms with Crippen LogP contribution in [0.4, 0.5) is 5.69 Å². The van der Waals surface area contributed by atoms with Gasteiger partial charge < -0.3 is 4.74 Å². The Kier molecular flexibility index (Phi) is 5.49. The van der Waals surface area contributed by atoms with Crippen LogP contribution >= 0.6 is 23.2 Å². The fourth-order valence-corrected chi connectivity index (χ4v) is 3.49. The Morgan fingerprint density at radius 3 is 2.38 bits per heavy atom. The molecule has 26 heavy (non-hydrogen) atoms. The van der Waals surface area contributed by atoms with Gasteiger partial charge in [0.2, 0.25) is 0 Å². The monoisotopic (exact) mass is 393 g/mol. The van der Waals surface area contributed by atoms with Crippen molar-refractivity contribution in [3.8, 4) is 0 Å². The molecule has 0 spiro atoms. The molecular weight excluding hydrogens is 377 g/mol. The lowest BCUT2D eigenvalue weighted by Gasteiger charge is -2.16. The Labute approximate surface area is 161 Å². The molecule has 1 aliphatic heterocycles. The number of hydrogen-bond acceptors (Lipinski definition) is 4. The Hall–Kier alpha value is -2.11. The highest BCUT2D eigenvalue weighted by atomic mass is 35.5. The van der Waals surface area contributed by atoms with Crippen molar-refractivity contribution in [1.82, 2.24) is 0 Å². The van der Waals surface area contributed by atoms with E-state index in [9.17, 15) is 14.4 Å². The quantitative estimate of drug-likeness (QED) is 0.436. The summed E-state index contributed by atoms with van der Waals surface area (Å²) in [7, 11) is 0. The summed E-state index contributed by atoms with van der Waals surface area (Å²) in [5, 5.41) is 0.204. The second-order valence-electron chi connectivity index (χ2n) is 6.03. The topological polar surface area (TPSA) is 63.7 Å². The van der Waals surface area contributed by atoms with E-state index in [1.165, 1.54) is 11.0 Å². The predicted molar refractivity (Wildman–Crippen MR) is 99.9 cm³/mol. The van der Waals surface area contributed by atoms with Gasteiger partial charge in [-0.2, -0.15) is 0 Å². The molecule has 0 saturated carbocycles. The number of rotatable bonds is 4. The number of carbonyl (C=O) groups excluding carboxylic acids is 3. The molecule has 1 aliphatic carbocycles. The van der Waals surface area contributed by atoms with Crippen molar-refractivity contribution in [2.24, 2.45) is 0 Å². The van der Waals surface area contributed by atoms with Crippen molar-refractivity contribution in [1.29, 1.82) is 0 Å². The minimum Gasteiger partial charge on any atom is -0.462 e. The first-order valence-corrected chi connectivity index (χ1v) is 9.14. The van der Waals surface area contributed by atoms with Crippen molar-refractivity contribution in [2.75, 3.05) is 11.5 Å². The van der Waals surface area contributed by atoms with Gasteiger partial charge in [0.1, 0.15) is 5.03 Å². The van der Waals surface area contributed by atoms with Crippen molar-refractivity contribution >= 4 is 52.7 Å². The number of halogens is 2. The smallest absolute Gasteiger partial charge is 0.349 e. The highest BCUT2D eigenvalue weighted by molar-refractivity contribution is 6.43. The molecule has 0 bridgehead atoms. The second-order valence-corrected chi connectivity index (χ2v) is 6.84. The van der Waals surface area contributed by atoms with E-state index in [0.29, 0.717) is 40.3 Å². The van der Waals surface area contributed by atoms with E-state index < -0.39 is 5.97 Å². The fourth-order valence-electron chi connectivity index (χ4n) is 3.15. The zero-order chi connectivity index (χ0) is 18.8. The van der Waals surface area contributed by atoms with Gasteiger partial charge in [0, 0.05) is 16.2 Å². The fraction of sp³-hybridized carbons (Fsp3) is 0.316. The van der Waals surface area contributed by atoms with E-state index in [1.807, 2.05) is 0 Å². The molecular formula is C19H17Cl2NO4. The minimum atomic E-state index is -0.666. The molecule has 1 aromatic carbocycles. The molecule has 1 heterocycles. The van der Waals surface area contributed by atoms with Crippen molar-refractivity contribution < 1.29 is 19.1 Å². The van der Waals surface area contributed by atoms with Crippen molar-refractivity contribution in [3.05, 3.63) is 45.0 Å². The molecule has 0 atom stereocenters. The Morgan fingerprint density at radius 2 is 1.81 bits per heavy atom. The van der Waals surface area contributed by atoms with E-state index in [0.717, 1.165) is 12.8 Å². The van der Waals surface area contributed by atoms with Gasteiger partial charge in [0.25, 0.3) is 11.8 Å². The Bertz CT molecular complexity index is 829. The van der Waals surface area contributed by atoms with Gasteiger partial charge >= 0.3 is 5.97 Å². The van der Waals surface area contributed by atoms with Gasteiger partial charge in [-0.05, 0) is 62.4 Å². The van der Waals surface area contributed by atoms with Crippen LogP contribution in [0.3, 0.4) is 0 Å². The van der Waals surface area contributed by atoms with Crippen LogP contribution in [0.2, 0.25) is 5.02 Å². The molecule has 3 rings (SSSR count). The number of amides is 2. The zero-order valence-corrected chi connectivity index (χ0v) is 15.7. The van der Waals surface area contributed by atoms with Gasteiger partial charge in [0.15, 0.2) is 0 Å². The summed E-state index contributed by atoms with van der Waals surface area (Å²) in [5.41, 5.74) is 2.04. The number of anilines is 1. The lowest BCUT2D eigenvalue weighted by molar-refractivity contribution is -0.137. The first-order valence-electron chi connectivity index (χ1n) is 8.38. The molecule has 0 unspecified atom stereocenters. The first-order chi connectivity index (χ1) is 12.4. The maximum absolute atomic E-state index is 12.7. The van der Waals surface area contributed by atoms with E-state index in [4.69, 9.17) is 27.9 Å².